The van der Waals surface area contributed by atoms with E-state index in [1.807, 2.05) is 6.92 Å². The van der Waals surface area contributed by atoms with Crippen molar-refractivity contribution in [2.45, 2.75) is 39.0 Å². The molecule has 1 heterocycles. The fraction of sp³-hybridized carbons (Fsp3) is 0.500. The number of rotatable bonds is 5. The van der Waals surface area contributed by atoms with Gasteiger partial charge < -0.3 is 9.73 Å². The molecule has 0 fully saturated rings. The Morgan fingerprint density at radius 1 is 1.33 bits per heavy atom. The second-order valence-electron chi connectivity index (χ2n) is 4.78. The fourth-order valence-electron chi connectivity index (χ4n) is 2.32. The quantitative estimate of drug-likeness (QED) is 0.922. The smallest absolute Gasteiger partial charge is 0.408 e. The SMILES string of the molecule is CCCn1c(=O)oc2cc(C(NCC)C(F)(F)F)ccc21. The largest absolute Gasteiger partial charge is 0.419 e. The van der Waals surface area contributed by atoms with Crippen LogP contribution in [0.1, 0.15) is 31.9 Å². The zero-order valence-corrected chi connectivity index (χ0v) is 11.8. The Labute approximate surface area is 119 Å². The highest BCUT2D eigenvalue weighted by Gasteiger charge is 2.40. The molecule has 116 valence electrons. The highest BCUT2D eigenvalue weighted by molar-refractivity contribution is 5.74. The molecule has 0 amide bonds. The Hall–Kier alpha value is -1.76. The molecule has 0 saturated carbocycles. The number of oxazole rings is 1. The Morgan fingerprint density at radius 3 is 2.62 bits per heavy atom. The Morgan fingerprint density at radius 2 is 2.05 bits per heavy atom. The van der Waals surface area contributed by atoms with Crippen molar-refractivity contribution in [2.24, 2.45) is 0 Å². The molecule has 1 unspecified atom stereocenters. The number of hydrogen-bond acceptors (Lipinski definition) is 3. The summed E-state index contributed by atoms with van der Waals surface area (Å²) >= 11 is 0. The molecule has 0 aliphatic heterocycles. The summed E-state index contributed by atoms with van der Waals surface area (Å²) in [5.74, 6) is -0.545. The van der Waals surface area contributed by atoms with E-state index in [0.717, 1.165) is 6.42 Å². The van der Waals surface area contributed by atoms with Crippen LogP contribution in [-0.2, 0) is 6.54 Å². The standard InChI is InChI=1S/C14H17F3N2O2/c1-3-7-19-10-6-5-9(8-11(10)21-13(19)20)12(18-4-2)14(15,16)17/h5-6,8,12,18H,3-4,7H2,1-2H3. The summed E-state index contributed by atoms with van der Waals surface area (Å²) in [5, 5.41) is 2.40. The number of fused-ring (bicyclic) bond motifs is 1. The van der Waals surface area contributed by atoms with Crippen molar-refractivity contribution in [3.8, 4) is 0 Å². The van der Waals surface area contributed by atoms with Crippen LogP contribution in [0.25, 0.3) is 11.1 Å². The molecule has 0 spiro atoms. The molecule has 0 aliphatic carbocycles. The minimum atomic E-state index is -4.41. The summed E-state index contributed by atoms with van der Waals surface area (Å²) in [4.78, 5) is 11.7. The highest BCUT2D eigenvalue weighted by atomic mass is 19.4. The van der Waals surface area contributed by atoms with E-state index < -0.39 is 18.0 Å². The van der Waals surface area contributed by atoms with E-state index in [9.17, 15) is 18.0 Å². The van der Waals surface area contributed by atoms with Gasteiger partial charge in [-0.15, -0.1) is 0 Å². The fourth-order valence-corrected chi connectivity index (χ4v) is 2.32. The molecule has 0 radical (unpaired) electrons. The molecule has 7 heteroatoms. The van der Waals surface area contributed by atoms with E-state index in [1.54, 1.807) is 6.92 Å². The van der Waals surface area contributed by atoms with Crippen molar-refractivity contribution in [2.75, 3.05) is 6.54 Å². The molecule has 0 bridgehead atoms. The third-order valence-electron chi connectivity index (χ3n) is 3.21. The zero-order chi connectivity index (χ0) is 15.6. The Balaban J connectivity index is 2.50. The first-order valence-corrected chi connectivity index (χ1v) is 6.81. The summed E-state index contributed by atoms with van der Waals surface area (Å²) in [6.45, 7) is 4.17. The predicted molar refractivity (Wildman–Crippen MR) is 73.2 cm³/mol. The number of nitrogens with zero attached hydrogens (tertiary/aromatic N) is 1. The topological polar surface area (TPSA) is 47.2 Å². The number of hydrogen-bond donors (Lipinski definition) is 1. The summed E-state index contributed by atoms with van der Waals surface area (Å²) in [6, 6.07) is 2.39. The number of halogens is 3. The van der Waals surface area contributed by atoms with Gasteiger partial charge >= 0.3 is 11.9 Å². The minimum Gasteiger partial charge on any atom is -0.408 e. The van der Waals surface area contributed by atoms with Crippen molar-refractivity contribution in [1.82, 2.24) is 9.88 Å². The maximum Gasteiger partial charge on any atom is 0.419 e. The zero-order valence-electron chi connectivity index (χ0n) is 11.8. The van der Waals surface area contributed by atoms with Gasteiger partial charge in [-0.05, 0) is 30.7 Å². The molecule has 1 aromatic carbocycles. The van der Waals surface area contributed by atoms with Crippen LogP contribution in [0, 0.1) is 0 Å². The van der Waals surface area contributed by atoms with Gasteiger partial charge in [-0.25, -0.2) is 4.79 Å². The number of aryl methyl sites for hydroxylation is 1. The van der Waals surface area contributed by atoms with Crippen molar-refractivity contribution >= 4 is 11.1 Å². The van der Waals surface area contributed by atoms with Crippen LogP contribution < -0.4 is 11.1 Å². The molecule has 1 N–H and O–H groups in total. The van der Waals surface area contributed by atoms with Crippen LogP contribution in [0.15, 0.2) is 27.4 Å². The normalized spacial score (nSPS) is 13.8. The van der Waals surface area contributed by atoms with Gasteiger partial charge in [0.25, 0.3) is 0 Å². The maximum atomic E-state index is 13.0. The van der Waals surface area contributed by atoms with E-state index >= 15 is 0 Å². The van der Waals surface area contributed by atoms with Gasteiger partial charge in [-0.2, -0.15) is 13.2 Å². The molecule has 2 rings (SSSR count). The third kappa shape index (κ3) is 3.12. The van der Waals surface area contributed by atoms with Gasteiger partial charge in [0, 0.05) is 6.54 Å². The second kappa shape index (κ2) is 5.93. The second-order valence-corrected chi connectivity index (χ2v) is 4.78. The van der Waals surface area contributed by atoms with E-state index in [1.165, 1.54) is 22.8 Å². The Kier molecular flexibility index (Phi) is 4.41. The van der Waals surface area contributed by atoms with Crippen LogP contribution in [0.2, 0.25) is 0 Å². The summed E-state index contributed by atoms with van der Waals surface area (Å²) in [5.41, 5.74) is 0.732. The summed E-state index contributed by atoms with van der Waals surface area (Å²) in [6.07, 6.45) is -3.67. The van der Waals surface area contributed by atoms with Crippen LogP contribution in [0.5, 0.6) is 0 Å². The predicted octanol–water partition coefficient (Wildman–Crippen LogP) is 3.22. The first-order valence-electron chi connectivity index (χ1n) is 6.81. The third-order valence-corrected chi connectivity index (χ3v) is 3.21. The van der Waals surface area contributed by atoms with Crippen molar-refractivity contribution in [3.05, 3.63) is 34.3 Å². The lowest BCUT2D eigenvalue weighted by Crippen LogP contribution is -2.33. The highest BCUT2D eigenvalue weighted by Crippen LogP contribution is 2.33. The first kappa shape index (κ1) is 15.6. The molecular weight excluding hydrogens is 285 g/mol. The van der Waals surface area contributed by atoms with Gasteiger partial charge in [-0.3, -0.25) is 4.57 Å². The van der Waals surface area contributed by atoms with Gasteiger partial charge in [0.05, 0.1) is 5.52 Å². The van der Waals surface area contributed by atoms with Crippen LogP contribution in [0.3, 0.4) is 0 Å². The van der Waals surface area contributed by atoms with Gasteiger partial charge in [0.15, 0.2) is 5.58 Å². The lowest BCUT2D eigenvalue weighted by molar-refractivity contribution is -0.157. The van der Waals surface area contributed by atoms with Crippen LogP contribution in [0.4, 0.5) is 13.2 Å². The summed E-state index contributed by atoms with van der Waals surface area (Å²) < 4.78 is 45.6. The summed E-state index contributed by atoms with van der Waals surface area (Å²) in [7, 11) is 0. The lowest BCUT2D eigenvalue weighted by atomic mass is 10.1. The van der Waals surface area contributed by atoms with Gasteiger partial charge in [0.2, 0.25) is 0 Å². The molecule has 21 heavy (non-hydrogen) atoms. The van der Waals surface area contributed by atoms with Crippen molar-refractivity contribution in [1.29, 1.82) is 0 Å². The molecule has 1 atom stereocenters. The van der Waals surface area contributed by atoms with Gasteiger partial charge in [0.1, 0.15) is 6.04 Å². The molecule has 1 aromatic heterocycles. The maximum absolute atomic E-state index is 13.0. The van der Waals surface area contributed by atoms with Crippen molar-refractivity contribution < 1.29 is 17.6 Å². The molecule has 0 aliphatic rings. The average Bonchev–Trinajstić information content (AvgIpc) is 2.71. The Bertz CT molecular complexity index is 673. The van der Waals surface area contributed by atoms with E-state index in [-0.39, 0.29) is 17.7 Å². The van der Waals surface area contributed by atoms with Crippen LogP contribution in [-0.4, -0.2) is 17.3 Å². The van der Waals surface area contributed by atoms with E-state index in [2.05, 4.69) is 5.32 Å². The molecule has 2 aromatic rings. The van der Waals surface area contributed by atoms with Crippen molar-refractivity contribution in [3.63, 3.8) is 0 Å². The average molecular weight is 302 g/mol. The van der Waals surface area contributed by atoms with E-state index in [0.29, 0.717) is 12.1 Å². The first-order chi connectivity index (χ1) is 9.88. The number of alkyl halides is 3. The number of nitrogens with one attached hydrogen (secondary N) is 1. The van der Waals surface area contributed by atoms with E-state index in [4.69, 9.17) is 4.42 Å². The number of benzene rings is 1. The molecular formula is C14H17F3N2O2. The minimum absolute atomic E-state index is 0.0363. The molecule has 0 saturated heterocycles. The van der Waals surface area contributed by atoms with Gasteiger partial charge in [-0.1, -0.05) is 19.9 Å². The lowest BCUT2D eigenvalue weighted by Gasteiger charge is -2.21. The van der Waals surface area contributed by atoms with Crippen LogP contribution >= 0.6 is 0 Å². The number of aromatic nitrogens is 1. The molecule has 4 nitrogen and oxygen atoms in total. The monoisotopic (exact) mass is 302 g/mol.